The average Bonchev–Trinajstić information content (AvgIpc) is 3.37. The van der Waals surface area contributed by atoms with Crippen LogP contribution in [0.25, 0.3) is 27.7 Å². The minimum atomic E-state index is -4.83. The van der Waals surface area contributed by atoms with Gasteiger partial charge in [-0.3, -0.25) is 4.79 Å². The second-order valence-electron chi connectivity index (χ2n) is 9.87. The predicted octanol–water partition coefficient (Wildman–Crippen LogP) is 7.83. The molecule has 0 bridgehead atoms. The van der Waals surface area contributed by atoms with E-state index >= 15 is 0 Å². The van der Waals surface area contributed by atoms with Gasteiger partial charge in [-0.15, -0.1) is 0 Å². The smallest absolute Gasteiger partial charge is 0.420 e. The van der Waals surface area contributed by atoms with Gasteiger partial charge < -0.3 is 9.30 Å². The molecule has 0 spiro atoms. The highest BCUT2D eigenvalue weighted by Gasteiger charge is 2.38. The molecular weight excluding hydrogens is 586 g/mol. The molecule has 0 fully saturated rings. The zero-order valence-electron chi connectivity index (χ0n) is 22.7. The van der Waals surface area contributed by atoms with E-state index in [0.717, 1.165) is 12.4 Å². The number of rotatable bonds is 6. The molecular formula is C32H20F6N4O2. The zero-order chi connectivity index (χ0) is 31.2. The first-order valence-electron chi connectivity index (χ1n) is 13.1. The van der Waals surface area contributed by atoms with Gasteiger partial charge in [-0.2, -0.15) is 23.3 Å². The van der Waals surface area contributed by atoms with Gasteiger partial charge in [0.05, 0.1) is 35.7 Å². The Hall–Kier alpha value is -5.39. The molecule has 6 nitrogen and oxygen atoms in total. The molecule has 2 aromatic heterocycles. The summed E-state index contributed by atoms with van der Waals surface area (Å²) in [6.07, 6.45) is -2.41. The van der Waals surface area contributed by atoms with Crippen molar-refractivity contribution < 1.29 is 31.1 Å². The Morgan fingerprint density at radius 1 is 0.864 bits per heavy atom. The Morgan fingerprint density at radius 2 is 1.59 bits per heavy atom. The lowest BCUT2D eigenvalue weighted by Gasteiger charge is -2.18. The van der Waals surface area contributed by atoms with Gasteiger partial charge in [-0.1, -0.05) is 30.3 Å². The summed E-state index contributed by atoms with van der Waals surface area (Å²) in [6.45, 7) is 1.23. The summed E-state index contributed by atoms with van der Waals surface area (Å²) in [4.78, 5) is 16.3. The monoisotopic (exact) mass is 606 g/mol. The third-order valence-corrected chi connectivity index (χ3v) is 7.09. The van der Waals surface area contributed by atoms with Crippen molar-refractivity contribution in [1.29, 1.82) is 0 Å². The summed E-state index contributed by atoms with van der Waals surface area (Å²) in [5, 5.41) is 4.22. The number of nitrogens with zero attached hydrogens (tertiary/aromatic N) is 4. The number of aromatic nitrogens is 4. The molecule has 0 unspecified atom stereocenters. The normalized spacial score (nSPS) is 11.7. The van der Waals surface area contributed by atoms with Crippen molar-refractivity contribution in [2.75, 3.05) is 0 Å². The van der Waals surface area contributed by atoms with Crippen LogP contribution in [0.4, 0.5) is 26.3 Å². The molecule has 12 heteroatoms. The van der Waals surface area contributed by atoms with Crippen LogP contribution in [0.2, 0.25) is 0 Å². The van der Waals surface area contributed by atoms with Crippen LogP contribution in [0.1, 0.15) is 16.8 Å². The Labute approximate surface area is 245 Å². The molecule has 0 atom stereocenters. The molecule has 0 amide bonds. The molecule has 0 saturated carbocycles. The molecule has 0 aliphatic heterocycles. The minimum Gasteiger partial charge on any atom is -0.457 e. The van der Waals surface area contributed by atoms with Crippen LogP contribution < -0.4 is 10.3 Å². The van der Waals surface area contributed by atoms with Crippen LogP contribution in [0.5, 0.6) is 11.5 Å². The van der Waals surface area contributed by atoms with Crippen molar-refractivity contribution in [3.05, 3.63) is 136 Å². The first-order valence-corrected chi connectivity index (χ1v) is 13.1. The van der Waals surface area contributed by atoms with Gasteiger partial charge in [0.25, 0.3) is 5.56 Å². The van der Waals surface area contributed by atoms with Crippen molar-refractivity contribution in [3.63, 3.8) is 0 Å². The first-order chi connectivity index (χ1) is 21.0. The number of para-hydroxylation sites is 1. The van der Waals surface area contributed by atoms with Crippen LogP contribution in [-0.2, 0) is 12.7 Å². The van der Waals surface area contributed by atoms with Crippen molar-refractivity contribution in [3.8, 4) is 28.3 Å². The molecule has 222 valence electrons. The topological polar surface area (TPSA) is 61.9 Å². The van der Waals surface area contributed by atoms with E-state index in [9.17, 15) is 31.1 Å². The SMILES string of the molecule is Cc1c(-c2cccc(Oc3ccc4c(c3)c(=O)ncn4Cc3c(F)cc(F)cc3F)c2C(F)(F)F)cnn1-c1ccccc1. The second kappa shape index (κ2) is 11.0. The zero-order valence-corrected chi connectivity index (χ0v) is 22.7. The lowest BCUT2D eigenvalue weighted by atomic mass is 9.99. The highest BCUT2D eigenvalue weighted by Crippen LogP contribution is 2.45. The fourth-order valence-corrected chi connectivity index (χ4v) is 5.04. The van der Waals surface area contributed by atoms with E-state index in [4.69, 9.17) is 4.74 Å². The molecule has 6 aromatic rings. The third-order valence-electron chi connectivity index (χ3n) is 7.09. The summed E-state index contributed by atoms with van der Waals surface area (Å²) in [5.41, 5.74) is -0.814. The molecule has 44 heavy (non-hydrogen) atoms. The van der Waals surface area contributed by atoms with Gasteiger partial charge in [-0.05, 0) is 43.3 Å². The molecule has 2 heterocycles. The summed E-state index contributed by atoms with van der Waals surface area (Å²) >= 11 is 0. The maximum atomic E-state index is 14.6. The number of hydrogen-bond donors (Lipinski definition) is 0. The van der Waals surface area contributed by atoms with E-state index in [-0.39, 0.29) is 27.8 Å². The maximum absolute atomic E-state index is 14.6. The molecule has 4 aromatic carbocycles. The van der Waals surface area contributed by atoms with Crippen LogP contribution in [-0.4, -0.2) is 19.3 Å². The molecule has 0 N–H and O–H groups in total. The summed E-state index contributed by atoms with van der Waals surface area (Å²) in [7, 11) is 0. The van der Waals surface area contributed by atoms with E-state index < -0.39 is 52.6 Å². The lowest BCUT2D eigenvalue weighted by Crippen LogP contribution is -2.14. The van der Waals surface area contributed by atoms with Crippen LogP contribution >= 0.6 is 0 Å². The summed E-state index contributed by atoms with van der Waals surface area (Å²) in [6, 6.07) is 17.8. The lowest BCUT2D eigenvalue weighted by molar-refractivity contribution is -0.138. The summed E-state index contributed by atoms with van der Waals surface area (Å²) < 4.78 is 94.2. The van der Waals surface area contributed by atoms with Gasteiger partial charge in [0.2, 0.25) is 0 Å². The van der Waals surface area contributed by atoms with Crippen LogP contribution in [0.15, 0.2) is 96.2 Å². The van der Waals surface area contributed by atoms with E-state index in [2.05, 4.69) is 10.1 Å². The number of alkyl halides is 3. The Kier molecular flexibility index (Phi) is 7.20. The van der Waals surface area contributed by atoms with Gasteiger partial charge in [-0.25, -0.2) is 17.9 Å². The first kappa shape index (κ1) is 28.7. The van der Waals surface area contributed by atoms with Crippen molar-refractivity contribution in [1.82, 2.24) is 19.3 Å². The molecule has 6 rings (SSSR count). The van der Waals surface area contributed by atoms with Crippen LogP contribution in [0.3, 0.4) is 0 Å². The molecule has 0 aliphatic rings. The highest BCUT2D eigenvalue weighted by molar-refractivity contribution is 5.80. The maximum Gasteiger partial charge on any atom is 0.420 e. The predicted molar refractivity (Wildman–Crippen MR) is 150 cm³/mol. The molecule has 0 radical (unpaired) electrons. The highest BCUT2D eigenvalue weighted by atomic mass is 19.4. The number of halogens is 6. The quantitative estimate of drug-likeness (QED) is 0.181. The Morgan fingerprint density at radius 3 is 2.30 bits per heavy atom. The summed E-state index contributed by atoms with van der Waals surface area (Å²) in [5.74, 6) is -3.96. The Bertz CT molecular complexity index is 2060. The van der Waals surface area contributed by atoms with Gasteiger partial charge in [0.15, 0.2) is 0 Å². The van der Waals surface area contributed by atoms with Crippen molar-refractivity contribution >= 4 is 10.9 Å². The standard InChI is InChI=1S/C32H20F6N4O2/c1-18-24(15-40-42(18)20-6-3-2-4-7-20)22-8-5-9-29(30(22)32(36,37)38)44-21-10-11-28-23(14-21)31(43)39-17-41(28)16-25-26(34)12-19(33)13-27(25)35/h2-15,17H,16H2,1H3. The number of ether oxygens (including phenoxy) is 1. The van der Waals surface area contributed by atoms with Gasteiger partial charge >= 0.3 is 6.18 Å². The fraction of sp³-hybridized carbons (Fsp3) is 0.0938. The number of fused-ring (bicyclic) bond motifs is 1. The van der Waals surface area contributed by atoms with Gasteiger partial charge in [0.1, 0.15) is 34.5 Å². The van der Waals surface area contributed by atoms with Crippen LogP contribution in [0, 0.1) is 24.4 Å². The molecule has 0 aliphatic carbocycles. The molecule has 0 saturated heterocycles. The number of hydrogen-bond acceptors (Lipinski definition) is 4. The van der Waals surface area contributed by atoms with E-state index in [1.165, 1.54) is 45.8 Å². The third kappa shape index (κ3) is 5.30. The largest absolute Gasteiger partial charge is 0.457 e. The average molecular weight is 607 g/mol. The minimum absolute atomic E-state index is 0.0716. The number of benzene rings is 4. The fourth-order valence-electron chi connectivity index (χ4n) is 5.04. The van der Waals surface area contributed by atoms with Crippen molar-refractivity contribution in [2.24, 2.45) is 0 Å². The van der Waals surface area contributed by atoms with E-state index in [0.29, 0.717) is 23.5 Å². The van der Waals surface area contributed by atoms with Crippen molar-refractivity contribution in [2.45, 2.75) is 19.6 Å². The van der Waals surface area contributed by atoms with Gasteiger partial charge in [0, 0.05) is 34.5 Å². The second-order valence-corrected chi connectivity index (χ2v) is 9.87. The van der Waals surface area contributed by atoms with E-state index in [1.54, 1.807) is 31.2 Å². The van der Waals surface area contributed by atoms with E-state index in [1.807, 2.05) is 6.07 Å². The Balaban J connectivity index is 1.40.